The predicted molar refractivity (Wildman–Crippen MR) is 120 cm³/mol. The van der Waals surface area contributed by atoms with Gasteiger partial charge < -0.3 is 10.2 Å². The lowest BCUT2D eigenvalue weighted by atomic mass is 9.41. The Balaban J connectivity index is 1.65. The van der Waals surface area contributed by atoms with Crippen molar-refractivity contribution in [2.75, 3.05) is 0 Å². The first-order chi connectivity index (χ1) is 13.6. The average Bonchev–Trinajstić information content (AvgIpc) is 3.00. The van der Waals surface area contributed by atoms with E-state index in [0.29, 0.717) is 40.4 Å². The van der Waals surface area contributed by atoms with Crippen LogP contribution in [-0.4, -0.2) is 22.4 Å². The van der Waals surface area contributed by atoms with Crippen LogP contribution in [0, 0.1) is 58.2 Å². The third-order valence-corrected chi connectivity index (χ3v) is 11.2. The normalized spacial score (nSPS) is 54.2. The van der Waals surface area contributed by atoms with Crippen molar-refractivity contribution in [3.63, 3.8) is 0 Å². The van der Waals surface area contributed by atoms with Gasteiger partial charge in [-0.25, -0.2) is 0 Å². The van der Waals surface area contributed by atoms with Crippen LogP contribution in [0.3, 0.4) is 0 Å². The fraction of sp³-hybridized carbons (Fsp3) is 1.00. The maximum atomic E-state index is 11.8. The number of rotatable bonds is 4. The summed E-state index contributed by atoms with van der Waals surface area (Å²) in [4.78, 5) is 0. The average molecular weight is 405 g/mol. The molecule has 0 aromatic carbocycles. The quantitative estimate of drug-likeness (QED) is 0.577. The SMILES string of the molecule is CC[C@H]1[C@@H](O)C2C3CC[C@H]([C@H](C)C[C@H](C)O)[C@@]3(C)CCC2[C@@]2(C)CC[C@@H](C)C[C@@H]12. The van der Waals surface area contributed by atoms with Gasteiger partial charge in [-0.2, -0.15) is 0 Å². The van der Waals surface area contributed by atoms with E-state index in [2.05, 4.69) is 34.6 Å². The zero-order valence-electron chi connectivity index (χ0n) is 20.0. The van der Waals surface area contributed by atoms with Gasteiger partial charge in [0.2, 0.25) is 0 Å². The van der Waals surface area contributed by atoms with E-state index in [0.717, 1.165) is 30.6 Å². The molecule has 3 unspecified atom stereocenters. The number of hydrogen-bond donors (Lipinski definition) is 2. The molecular formula is C27H48O2. The molecule has 2 heteroatoms. The summed E-state index contributed by atoms with van der Waals surface area (Å²) < 4.78 is 0. The summed E-state index contributed by atoms with van der Waals surface area (Å²) >= 11 is 0. The van der Waals surface area contributed by atoms with Gasteiger partial charge in [-0.1, -0.05) is 47.5 Å². The minimum Gasteiger partial charge on any atom is -0.393 e. The molecular weight excluding hydrogens is 356 g/mol. The summed E-state index contributed by atoms with van der Waals surface area (Å²) in [6.07, 6.45) is 11.2. The molecule has 0 heterocycles. The van der Waals surface area contributed by atoms with Crippen LogP contribution in [0.15, 0.2) is 0 Å². The molecule has 4 fully saturated rings. The highest BCUT2D eigenvalue weighted by molar-refractivity contribution is 5.13. The number of hydrogen-bond acceptors (Lipinski definition) is 2. The highest BCUT2D eigenvalue weighted by Crippen LogP contribution is 2.69. The molecule has 2 nitrogen and oxygen atoms in total. The second-order valence-electron chi connectivity index (χ2n) is 12.6. The van der Waals surface area contributed by atoms with E-state index in [-0.39, 0.29) is 12.2 Å². The van der Waals surface area contributed by atoms with Gasteiger partial charge in [0.15, 0.2) is 0 Å². The minimum absolute atomic E-state index is 0.0937. The molecule has 2 N–H and O–H groups in total. The predicted octanol–water partition coefficient (Wildman–Crippen LogP) is 6.30. The molecule has 0 radical (unpaired) electrons. The standard InChI is InChI=1S/C27H48O2/c1-7-19-23-14-16(2)10-12-27(23,6)22-11-13-26(5)20(17(3)15-18(4)28)8-9-21(26)24(22)25(19)29/h16-25,28-29H,7-15H2,1-6H3/t16-,17-,18+,19-,20-,21?,22?,23+,24?,25-,26-,27-/m1/s1. The third kappa shape index (κ3) is 3.34. The molecule has 4 saturated carbocycles. The molecule has 0 aliphatic heterocycles. The summed E-state index contributed by atoms with van der Waals surface area (Å²) in [5, 5.41) is 21.8. The second-order valence-corrected chi connectivity index (χ2v) is 12.6. The van der Waals surface area contributed by atoms with Crippen molar-refractivity contribution in [1.29, 1.82) is 0 Å². The van der Waals surface area contributed by atoms with Crippen molar-refractivity contribution in [2.45, 2.75) is 112 Å². The Morgan fingerprint density at radius 3 is 2.24 bits per heavy atom. The number of fused-ring (bicyclic) bond motifs is 5. The van der Waals surface area contributed by atoms with Crippen LogP contribution in [0.25, 0.3) is 0 Å². The molecule has 168 valence electrons. The molecule has 0 aromatic heterocycles. The van der Waals surface area contributed by atoms with Crippen molar-refractivity contribution < 1.29 is 10.2 Å². The lowest BCUT2D eigenvalue weighted by molar-refractivity contribution is -0.198. The van der Waals surface area contributed by atoms with E-state index >= 15 is 0 Å². The van der Waals surface area contributed by atoms with Gasteiger partial charge in [0.05, 0.1) is 12.2 Å². The Morgan fingerprint density at radius 1 is 0.931 bits per heavy atom. The monoisotopic (exact) mass is 404 g/mol. The fourth-order valence-electron chi connectivity index (χ4n) is 9.86. The number of aliphatic hydroxyl groups is 2. The van der Waals surface area contributed by atoms with Crippen LogP contribution in [0.1, 0.15) is 99.3 Å². The van der Waals surface area contributed by atoms with Crippen LogP contribution < -0.4 is 0 Å². The van der Waals surface area contributed by atoms with Crippen molar-refractivity contribution in [3.8, 4) is 0 Å². The summed E-state index contributed by atoms with van der Waals surface area (Å²) in [7, 11) is 0. The fourth-order valence-corrected chi connectivity index (χ4v) is 9.86. The second kappa shape index (κ2) is 7.80. The molecule has 4 aliphatic rings. The van der Waals surface area contributed by atoms with E-state index < -0.39 is 0 Å². The number of aliphatic hydroxyl groups excluding tert-OH is 2. The van der Waals surface area contributed by atoms with Crippen molar-refractivity contribution in [2.24, 2.45) is 58.2 Å². The van der Waals surface area contributed by atoms with Gasteiger partial charge >= 0.3 is 0 Å². The van der Waals surface area contributed by atoms with Crippen molar-refractivity contribution in [3.05, 3.63) is 0 Å². The van der Waals surface area contributed by atoms with E-state index in [9.17, 15) is 10.2 Å². The van der Waals surface area contributed by atoms with Crippen LogP contribution in [0.4, 0.5) is 0 Å². The Morgan fingerprint density at radius 2 is 1.59 bits per heavy atom. The van der Waals surface area contributed by atoms with Crippen LogP contribution >= 0.6 is 0 Å². The van der Waals surface area contributed by atoms with Gasteiger partial charge in [0, 0.05) is 0 Å². The zero-order chi connectivity index (χ0) is 21.1. The van der Waals surface area contributed by atoms with Crippen molar-refractivity contribution in [1.82, 2.24) is 0 Å². The highest BCUT2D eigenvalue weighted by Gasteiger charge is 2.64. The third-order valence-electron chi connectivity index (χ3n) is 11.2. The van der Waals surface area contributed by atoms with Gasteiger partial charge in [-0.15, -0.1) is 0 Å². The van der Waals surface area contributed by atoms with Gasteiger partial charge in [0.25, 0.3) is 0 Å². The smallest absolute Gasteiger partial charge is 0.0605 e. The summed E-state index contributed by atoms with van der Waals surface area (Å²) in [6, 6.07) is 0. The Bertz CT molecular complexity index is 587. The van der Waals surface area contributed by atoms with E-state index in [1.54, 1.807) is 0 Å². The van der Waals surface area contributed by atoms with E-state index in [1.165, 1.54) is 44.9 Å². The summed E-state index contributed by atoms with van der Waals surface area (Å²) in [5.41, 5.74) is 0.807. The van der Waals surface area contributed by atoms with Gasteiger partial charge in [-0.3, -0.25) is 0 Å². The molecule has 0 aromatic rings. The Kier molecular flexibility index (Phi) is 5.95. The van der Waals surface area contributed by atoms with Gasteiger partial charge in [-0.05, 0) is 110 Å². The summed E-state index contributed by atoms with van der Waals surface area (Å²) in [5.74, 6) is 5.28. The summed E-state index contributed by atoms with van der Waals surface area (Å²) in [6.45, 7) is 14.3. The first kappa shape index (κ1) is 22.1. The highest BCUT2D eigenvalue weighted by atomic mass is 16.3. The lowest BCUT2D eigenvalue weighted by Crippen LogP contribution is -2.61. The zero-order valence-corrected chi connectivity index (χ0v) is 20.0. The van der Waals surface area contributed by atoms with Crippen LogP contribution in [-0.2, 0) is 0 Å². The molecule has 0 spiro atoms. The molecule has 0 amide bonds. The lowest BCUT2D eigenvalue weighted by Gasteiger charge is -2.65. The first-order valence-corrected chi connectivity index (χ1v) is 13.0. The van der Waals surface area contributed by atoms with E-state index in [4.69, 9.17) is 0 Å². The molecule has 0 saturated heterocycles. The molecule has 12 atom stereocenters. The Labute approximate surface area is 180 Å². The van der Waals surface area contributed by atoms with Crippen molar-refractivity contribution >= 4 is 0 Å². The van der Waals surface area contributed by atoms with Gasteiger partial charge in [0.1, 0.15) is 0 Å². The largest absolute Gasteiger partial charge is 0.393 e. The first-order valence-electron chi connectivity index (χ1n) is 13.0. The topological polar surface area (TPSA) is 40.5 Å². The van der Waals surface area contributed by atoms with Crippen LogP contribution in [0.5, 0.6) is 0 Å². The maximum Gasteiger partial charge on any atom is 0.0605 e. The molecule has 0 bridgehead atoms. The maximum absolute atomic E-state index is 11.8. The molecule has 29 heavy (non-hydrogen) atoms. The molecule has 4 rings (SSSR count). The molecule has 4 aliphatic carbocycles. The minimum atomic E-state index is -0.197. The Hall–Kier alpha value is -0.0800. The van der Waals surface area contributed by atoms with E-state index in [1.807, 2.05) is 6.92 Å². The van der Waals surface area contributed by atoms with Crippen LogP contribution in [0.2, 0.25) is 0 Å².